The van der Waals surface area contributed by atoms with Gasteiger partial charge < -0.3 is 9.47 Å². The van der Waals surface area contributed by atoms with Gasteiger partial charge in [0.15, 0.2) is 0 Å². The molecule has 0 aliphatic carbocycles. The summed E-state index contributed by atoms with van der Waals surface area (Å²) in [5.74, 6) is 2.06. The number of piperazine rings is 1. The highest BCUT2D eigenvalue weighted by Gasteiger charge is 2.24. The minimum atomic E-state index is 0.925. The van der Waals surface area contributed by atoms with E-state index in [1.807, 2.05) is 6.92 Å². The van der Waals surface area contributed by atoms with Crippen LogP contribution in [0.5, 0.6) is 0 Å². The van der Waals surface area contributed by atoms with Gasteiger partial charge in [-0.15, -0.1) is 10.2 Å². The molecule has 6 heteroatoms. The van der Waals surface area contributed by atoms with Crippen molar-refractivity contribution < 1.29 is 0 Å². The van der Waals surface area contributed by atoms with Crippen LogP contribution in [0.25, 0.3) is 5.69 Å². The molecule has 4 heterocycles. The smallest absolute Gasteiger partial charge is 0.138 e. The van der Waals surface area contributed by atoms with Gasteiger partial charge in [-0.2, -0.15) is 0 Å². The summed E-state index contributed by atoms with van der Waals surface area (Å²) in [4.78, 5) is 4.98. The topological polar surface area (TPSA) is 42.1 Å². The normalized spacial score (nSPS) is 17.3. The van der Waals surface area contributed by atoms with E-state index in [4.69, 9.17) is 0 Å². The molecular formula is C23H30N6. The predicted molar refractivity (Wildman–Crippen MR) is 115 cm³/mol. The number of benzene rings is 1. The zero-order valence-electron chi connectivity index (χ0n) is 17.7. The Bertz CT molecular complexity index is 1020. The van der Waals surface area contributed by atoms with Crippen molar-refractivity contribution in [3.8, 4) is 5.69 Å². The fourth-order valence-corrected chi connectivity index (χ4v) is 4.77. The minimum absolute atomic E-state index is 0.925. The number of likely N-dealkylation sites (N-methyl/N-ethyl adjacent to an activating group) is 1. The average Bonchev–Trinajstić information content (AvgIpc) is 3.24. The Balaban J connectivity index is 1.38. The second kappa shape index (κ2) is 7.43. The van der Waals surface area contributed by atoms with Crippen molar-refractivity contribution in [2.24, 2.45) is 0 Å². The number of aryl methyl sites for hydroxylation is 3. The van der Waals surface area contributed by atoms with Gasteiger partial charge in [0.05, 0.1) is 5.69 Å². The monoisotopic (exact) mass is 390 g/mol. The van der Waals surface area contributed by atoms with Gasteiger partial charge in [-0.25, -0.2) is 0 Å². The molecule has 2 aromatic heterocycles. The molecule has 152 valence electrons. The molecule has 1 fully saturated rings. The molecule has 1 saturated heterocycles. The lowest BCUT2D eigenvalue weighted by atomic mass is 10.1. The molecule has 0 N–H and O–H groups in total. The third-order valence-corrected chi connectivity index (χ3v) is 6.45. The lowest BCUT2D eigenvalue weighted by molar-refractivity contribution is 0.148. The van der Waals surface area contributed by atoms with E-state index in [0.29, 0.717) is 0 Å². The molecule has 2 aliphatic heterocycles. The number of nitrogens with zero attached hydrogens (tertiary/aromatic N) is 6. The first kappa shape index (κ1) is 18.6. The zero-order valence-corrected chi connectivity index (χ0v) is 17.7. The highest BCUT2D eigenvalue weighted by Crippen LogP contribution is 2.29. The van der Waals surface area contributed by atoms with Crippen LogP contribution in [0.2, 0.25) is 0 Å². The van der Waals surface area contributed by atoms with Crippen LogP contribution in [-0.2, 0) is 25.9 Å². The molecule has 0 atom stereocenters. The highest BCUT2D eigenvalue weighted by molar-refractivity contribution is 5.46. The Morgan fingerprint density at radius 3 is 2.45 bits per heavy atom. The van der Waals surface area contributed by atoms with Gasteiger partial charge >= 0.3 is 0 Å². The van der Waals surface area contributed by atoms with Crippen LogP contribution >= 0.6 is 0 Å². The molecule has 2 aliphatic rings. The first-order chi connectivity index (χ1) is 14.1. The van der Waals surface area contributed by atoms with Gasteiger partial charge in [0.1, 0.15) is 11.6 Å². The van der Waals surface area contributed by atoms with Crippen molar-refractivity contribution in [3.63, 3.8) is 0 Å². The van der Waals surface area contributed by atoms with E-state index < -0.39 is 0 Å². The summed E-state index contributed by atoms with van der Waals surface area (Å²) in [7, 11) is 2.21. The molecule has 0 unspecified atom stereocenters. The van der Waals surface area contributed by atoms with E-state index in [1.165, 1.54) is 41.3 Å². The van der Waals surface area contributed by atoms with Crippen LogP contribution in [0.1, 0.15) is 34.2 Å². The van der Waals surface area contributed by atoms with E-state index in [1.54, 1.807) is 0 Å². The maximum atomic E-state index is 4.35. The molecule has 0 saturated carbocycles. The van der Waals surface area contributed by atoms with Crippen LogP contribution in [0.3, 0.4) is 0 Å². The highest BCUT2D eigenvalue weighted by atomic mass is 15.3. The molecule has 6 nitrogen and oxygen atoms in total. The SMILES string of the molecule is Cc1cc2c(n1Cc1cccc(CN3CCN(C)CC3)c1)CCc1nnc(C)n1-2. The Morgan fingerprint density at radius 1 is 0.897 bits per heavy atom. The second-order valence-corrected chi connectivity index (χ2v) is 8.60. The lowest BCUT2D eigenvalue weighted by Crippen LogP contribution is -2.43. The van der Waals surface area contributed by atoms with E-state index in [0.717, 1.165) is 50.7 Å². The third kappa shape index (κ3) is 3.51. The van der Waals surface area contributed by atoms with Crippen molar-refractivity contribution in [1.82, 2.24) is 29.1 Å². The van der Waals surface area contributed by atoms with Gasteiger partial charge in [-0.05, 0) is 44.5 Å². The van der Waals surface area contributed by atoms with E-state index in [-0.39, 0.29) is 0 Å². The molecule has 5 rings (SSSR count). The van der Waals surface area contributed by atoms with E-state index in [2.05, 4.69) is 73.4 Å². The molecule has 0 bridgehead atoms. The third-order valence-electron chi connectivity index (χ3n) is 6.45. The van der Waals surface area contributed by atoms with Gasteiger partial charge in [0, 0.05) is 57.1 Å². The summed E-state index contributed by atoms with van der Waals surface area (Å²) in [5.41, 5.74) is 6.77. The number of fused-ring (bicyclic) bond motifs is 3. The fourth-order valence-electron chi connectivity index (χ4n) is 4.77. The Kier molecular flexibility index (Phi) is 4.76. The van der Waals surface area contributed by atoms with Crippen molar-refractivity contribution in [3.05, 3.63) is 64.5 Å². The fraction of sp³-hybridized carbons (Fsp3) is 0.478. The number of hydrogen-bond donors (Lipinski definition) is 0. The lowest BCUT2D eigenvalue weighted by Gasteiger charge is -2.32. The largest absolute Gasteiger partial charge is 0.342 e. The second-order valence-electron chi connectivity index (χ2n) is 8.60. The summed E-state index contributed by atoms with van der Waals surface area (Å²) in [6, 6.07) is 11.4. The Morgan fingerprint density at radius 2 is 1.66 bits per heavy atom. The van der Waals surface area contributed by atoms with Crippen molar-refractivity contribution in [2.75, 3.05) is 33.2 Å². The van der Waals surface area contributed by atoms with Gasteiger partial charge in [0.25, 0.3) is 0 Å². The van der Waals surface area contributed by atoms with Crippen molar-refractivity contribution in [1.29, 1.82) is 0 Å². The number of rotatable bonds is 4. The molecule has 0 spiro atoms. The molecule has 1 aromatic carbocycles. The van der Waals surface area contributed by atoms with Crippen LogP contribution in [0.4, 0.5) is 0 Å². The first-order valence-corrected chi connectivity index (χ1v) is 10.7. The molecule has 29 heavy (non-hydrogen) atoms. The zero-order chi connectivity index (χ0) is 20.0. The summed E-state index contributed by atoms with van der Waals surface area (Å²) in [5, 5.41) is 8.63. The average molecular weight is 391 g/mol. The van der Waals surface area contributed by atoms with E-state index in [9.17, 15) is 0 Å². The van der Waals surface area contributed by atoms with Crippen molar-refractivity contribution >= 4 is 0 Å². The van der Waals surface area contributed by atoms with Crippen LogP contribution in [0, 0.1) is 13.8 Å². The Labute approximate surface area is 172 Å². The van der Waals surface area contributed by atoms with Crippen molar-refractivity contribution in [2.45, 2.75) is 39.8 Å². The first-order valence-electron chi connectivity index (χ1n) is 10.7. The van der Waals surface area contributed by atoms with Gasteiger partial charge in [-0.1, -0.05) is 24.3 Å². The van der Waals surface area contributed by atoms with Crippen LogP contribution < -0.4 is 0 Å². The molecule has 0 amide bonds. The maximum absolute atomic E-state index is 4.35. The maximum Gasteiger partial charge on any atom is 0.138 e. The summed E-state index contributed by atoms with van der Waals surface area (Å²) < 4.78 is 4.71. The van der Waals surface area contributed by atoms with Crippen LogP contribution in [0.15, 0.2) is 30.3 Å². The minimum Gasteiger partial charge on any atom is -0.342 e. The molecule has 3 aromatic rings. The summed E-state index contributed by atoms with van der Waals surface area (Å²) in [6.07, 6.45) is 1.99. The molecular weight excluding hydrogens is 360 g/mol. The predicted octanol–water partition coefficient (Wildman–Crippen LogP) is 2.58. The standard InChI is InChI=1S/C23H30N6/c1-17-13-22-21(7-8-23-25-24-18(2)29(22)23)28(17)16-20-6-4-5-19(14-20)15-27-11-9-26(3)10-12-27/h4-6,13-14H,7-12,15-16H2,1-3H3. The van der Waals surface area contributed by atoms with Gasteiger partial charge in [0.2, 0.25) is 0 Å². The van der Waals surface area contributed by atoms with Crippen LogP contribution in [-0.4, -0.2) is 62.4 Å². The summed E-state index contributed by atoms with van der Waals surface area (Å²) >= 11 is 0. The molecule has 0 radical (unpaired) electrons. The quantitative estimate of drug-likeness (QED) is 0.687. The van der Waals surface area contributed by atoms with Gasteiger partial charge in [-0.3, -0.25) is 9.47 Å². The van der Waals surface area contributed by atoms with E-state index >= 15 is 0 Å². The number of hydrogen-bond acceptors (Lipinski definition) is 4. The summed E-state index contributed by atoms with van der Waals surface area (Å²) in [6.45, 7) is 10.9. The number of aromatic nitrogens is 4. The Hall–Kier alpha value is -2.44.